The highest BCUT2D eigenvalue weighted by Gasteiger charge is 2.53. The normalized spacial score (nSPS) is 19.5. The minimum atomic E-state index is -0.376. The van der Waals surface area contributed by atoms with Crippen molar-refractivity contribution in [2.45, 2.75) is 39.8 Å². The van der Waals surface area contributed by atoms with Gasteiger partial charge in [-0.15, -0.1) is 0 Å². The van der Waals surface area contributed by atoms with Crippen LogP contribution in [0.2, 0.25) is 0 Å². The van der Waals surface area contributed by atoms with Crippen LogP contribution in [-0.2, 0) is 6.54 Å². The third kappa shape index (κ3) is 2.77. The highest BCUT2D eigenvalue weighted by molar-refractivity contribution is 5.82. The molecule has 0 radical (unpaired) electrons. The maximum Gasteiger partial charge on any atom is 0.269 e. The second-order valence-electron chi connectivity index (χ2n) is 6.86. The summed E-state index contributed by atoms with van der Waals surface area (Å²) in [5.41, 5.74) is 1.24. The number of benzene rings is 1. The molecule has 0 saturated carbocycles. The SMILES string of the molecule is CN=C(NCc1cccc([N+](=O)[O-])c1)N1CC(C)(C)C1(C)C. The van der Waals surface area contributed by atoms with Crippen LogP contribution in [0.5, 0.6) is 0 Å². The number of hydrogen-bond donors (Lipinski definition) is 1. The first-order chi connectivity index (χ1) is 10.2. The Kier molecular flexibility index (Phi) is 4.13. The summed E-state index contributed by atoms with van der Waals surface area (Å²) in [6.45, 7) is 10.4. The number of guanidine groups is 1. The number of nitro groups is 1. The molecule has 1 aromatic carbocycles. The van der Waals surface area contributed by atoms with Gasteiger partial charge in [-0.1, -0.05) is 26.0 Å². The van der Waals surface area contributed by atoms with Gasteiger partial charge in [0.2, 0.25) is 0 Å². The third-order valence-corrected chi connectivity index (χ3v) is 4.92. The Morgan fingerprint density at radius 3 is 2.59 bits per heavy atom. The molecule has 0 spiro atoms. The van der Waals surface area contributed by atoms with Crippen LogP contribution in [0, 0.1) is 15.5 Å². The maximum absolute atomic E-state index is 10.8. The van der Waals surface area contributed by atoms with Gasteiger partial charge in [-0.2, -0.15) is 0 Å². The molecular weight excluding hydrogens is 280 g/mol. The van der Waals surface area contributed by atoms with E-state index in [2.05, 4.69) is 42.9 Å². The lowest BCUT2D eigenvalue weighted by Gasteiger charge is -2.62. The molecule has 0 aromatic heterocycles. The van der Waals surface area contributed by atoms with Gasteiger partial charge in [-0.05, 0) is 19.4 Å². The molecule has 1 fully saturated rings. The van der Waals surface area contributed by atoms with Crippen molar-refractivity contribution in [2.24, 2.45) is 10.4 Å². The van der Waals surface area contributed by atoms with Gasteiger partial charge in [0.05, 0.1) is 4.92 Å². The lowest BCUT2D eigenvalue weighted by molar-refractivity contribution is -0.384. The monoisotopic (exact) mass is 304 g/mol. The molecule has 120 valence electrons. The summed E-state index contributed by atoms with van der Waals surface area (Å²) in [5.74, 6) is 0.829. The van der Waals surface area contributed by atoms with Crippen molar-refractivity contribution in [3.8, 4) is 0 Å². The lowest BCUT2D eigenvalue weighted by atomic mass is 9.65. The highest BCUT2D eigenvalue weighted by Crippen LogP contribution is 2.46. The number of hydrogen-bond acceptors (Lipinski definition) is 3. The lowest BCUT2D eigenvalue weighted by Crippen LogP contribution is -2.72. The second-order valence-corrected chi connectivity index (χ2v) is 6.86. The molecule has 0 amide bonds. The van der Waals surface area contributed by atoms with Crippen LogP contribution in [0.1, 0.15) is 33.3 Å². The Hall–Kier alpha value is -2.11. The van der Waals surface area contributed by atoms with Gasteiger partial charge in [-0.25, -0.2) is 0 Å². The molecule has 6 heteroatoms. The standard InChI is InChI=1S/C16H24N4O2/c1-15(2)11-19(16(15,3)4)14(17-5)18-10-12-7-6-8-13(9-12)20(21)22/h6-9H,10-11H2,1-5H3,(H,17,18). The Morgan fingerprint density at radius 2 is 2.09 bits per heavy atom. The summed E-state index contributed by atoms with van der Waals surface area (Å²) < 4.78 is 0. The molecule has 0 aliphatic carbocycles. The number of nitrogens with one attached hydrogen (secondary N) is 1. The van der Waals surface area contributed by atoms with Gasteiger partial charge in [-0.3, -0.25) is 15.1 Å². The first-order valence-corrected chi connectivity index (χ1v) is 7.41. The van der Waals surface area contributed by atoms with Gasteiger partial charge in [0.15, 0.2) is 5.96 Å². The topological polar surface area (TPSA) is 70.8 Å². The van der Waals surface area contributed by atoms with Crippen molar-refractivity contribution in [3.05, 3.63) is 39.9 Å². The van der Waals surface area contributed by atoms with Crippen LogP contribution < -0.4 is 5.32 Å². The molecule has 1 N–H and O–H groups in total. The maximum atomic E-state index is 10.8. The molecule has 0 unspecified atom stereocenters. The molecule has 1 aliphatic rings. The molecule has 1 saturated heterocycles. The molecule has 1 aromatic rings. The van der Waals surface area contributed by atoms with E-state index < -0.39 is 0 Å². The highest BCUT2D eigenvalue weighted by atomic mass is 16.6. The van der Waals surface area contributed by atoms with Crippen molar-refractivity contribution in [1.29, 1.82) is 0 Å². The number of rotatable bonds is 3. The van der Waals surface area contributed by atoms with E-state index in [4.69, 9.17) is 0 Å². The van der Waals surface area contributed by atoms with Crippen LogP contribution in [-0.4, -0.2) is 34.9 Å². The number of aliphatic imine (C=N–C) groups is 1. The van der Waals surface area contributed by atoms with E-state index in [9.17, 15) is 10.1 Å². The quantitative estimate of drug-likeness (QED) is 0.403. The van der Waals surface area contributed by atoms with Crippen molar-refractivity contribution in [1.82, 2.24) is 10.2 Å². The number of nitro benzene ring substituents is 1. The minimum Gasteiger partial charge on any atom is -0.352 e. The number of likely N-dealkylation sites (tertiary alicyclic amines) is 1. The van der Waals surface area contributed by atoms with Crippen molar-refractivity contribution < 1.29 is 4.92 Å². The first kappa shape index (κ1) is 16.3. The summed E-state index contributed by atoms with van der Waals surface area (Å²) in [6, 6.07) is 6.66. The predicted octanol–water partition coefficient (Wildman–Crippen LogP) is 2.79. The molecule has 22 heavy (non-hydrogen) atoms. The largest absolute Gasteiger partial charge is 0.352 e. The van der Waals surface area contributed by atoms with Gasteiger partial charge in [0, 0.05) is 43.2 Å². The van der Waals surface area contributed by atoms with E-state index in [-0.39, 0.29) is 21.6 Å². The first-order valence-electron chi connectivity index (χ1n) is 7.41. The van der Waals surface area contributed by atoms with Crippen molar-refractivity contribution in [2.75, 3.05) is 13.6 Å². The van der Waals surface area contributed by atoms with E-state index in [0.29, 0.717) is 6.54 Å². The molecule has 6 nitrogen and oxygen atoms in total. The van der Waals surface area contributed by atoms with E-state index >= 15 is 0 Å². The number of nitrogens with zero attached hydrogens (tertiary/aromatic N) is 3. The smallest absolute Gasteiger partial charge is 0.269 e. The van der Waals surface area contributed by atoms with Crippen LogP contribution >= 0.6 is 0 Å². The zero-order chi connectivity index (χ0) is 16.5. The van der Waals surface area contributed by atoms with Crippen LogP contribution in [0.3, 0.4) is 0 Å². The van der Waals surface area contributed by atoms with Gasteiger partial charge >= 0.3 is 0 Å². The van der Waals surface area contributed by atoms with Crippen molar-refractivity contribution in [3.63, 3.8) is 0 Å². The van der Waals surface area contributed by atoms with Gasteiger partial charge in [0.25, 0.3) is 5.69 Å². The molecule has 2 rings (SSSR count). The Balaban J connectivity index is 2.04. The summed E-state index contributed by atoms with van der Waals surface area (Å²) in [4.78, 5) is 17.0. The third-order valence-electron chi connectivity index (χ3n) is 4.92. The fourth-order valence-corrected chi connectivity index (χ4v) is 2.66. The van der Waals surface area contributed by atoms with Gasteiger partial charge in [0.1, 0.15) is 0 Å². The van der Waals surface area contributed by atoms with E-state index in [1.807, 2.05) is 6.07 Å². The molecule has 1 aliphatic heterocycles. The Morgan fingerprint density at radius 1 is 1.41 bits per heavy atom. The fourth-order valence-electron chi connectivity index (χ4n) is 2.66. The fraction of sp³-hybridized carbons (Fsp3) is 0.562. The number of non-ortho nitro benzene ring substituents is 1. The zero-order valence-corrected chi connectivity index (χ0v) is 13.9. The summed E-state index contributed by atoms with van der Waals surface area (Å²) in [7, 11) is 1.76. The molecular formula is C16H24N4O2. The Bertz CT molecular complexity index is 608. The predicted molar refractivity (Wildman–Crippen MR) is 87.9 cm³/mol. The van der Waals surface area contributed by atoms with E-state index in [0.717, 1.165) is 18.1 Å². The summed E-state index contributed by atoms with van der Waals surface area (Å²) in [5, 5.41) is 14.1. The average molecular weight is 304 g/mol. The van der Waals surface area contributed by atoms with Crippen LogP contribution in [0.15, 0.2) is 29.3 Å². The van der Waals surface area contributed by atoms with E-state index in [1.165, 1.54) is 6.07 Å². The van der Waals surface area contributed by atoms with E-state index in [1.54, 1.807) is 19.2 Å². The average Bonchev–Trinajstić information content (AvgIpc) is 2.47. The van der Waals surface area contributed by atoms with Gasteiger partial charge < -0.3 is 10.2 Å². The zero-order valence-electron chi connectivity index (χ0n) is 13.9. The van der Waals surface area contributed by atoms with Crippen LogP contribution in [0.25, 0.3) is 0 Å². The molecule has 0 bridgehead atoms. The Labute approximate surface area is 131 Å². The van der Waals surface area contributed by atoms with Crippen molar-refractivity contribution >= 4 is 11.6 Å². The molecule has 0 atom stereocenters. The summed E-state index contributed by atoms with van der Waals surface area (Å²) in [6.07, 6.45) is 0. The minimum absolute atomic E-state index is 0.0253. The molecule has 1 heterocycles. The van der Waals surface area contributed by atoms with Crippen LogP contribution in [0.4, 0.5) is 5.69 Å². The second kappa shape index (κ2) is 5.59. The summed E-state index contributed by atoms with van der Waals surface area (Å²) >= 11 is 0.